The van der Waals surface area contributed by atoms with Crippen LogP contribution in [0.1, 0.15) is 53.9 Å². The Morgan fingerprint density at radius 2 is 2.33 bits per heavy atom. The summed E-state index contributed by atoms with van der Waals surface area (Å²) in [5.41, 5.74) is 7.14. The maximum absolute atomic E-state index is 12.3. The van der Waals surface area contributed by atoms with E-state index in [0.717, 1.165) is 29.9 Å². The van der Waals surface area contributed by atoms with E-state index in [9.17, 15) is 4.79 Å². The van der Waals surface area contributed by atoms with Crippen LogP contribution in [0.15, 0.2) is 15.9 Å². The van der Waals surface area contributed by atoms with Gasteiger partial charge in [-0.2, -0.15) is 0 Å². The van der Waals surface area contributed by atoms with Crippen LogP contribution >= 0.6 is 11.3 Å². The maximum Gasteiger partial charge on any atom is 0.271 e. The van der Waals surface area contributed by atoms with Crippen LogP contribution < -0.4 is 11.1 Å². The predicted molar refractivity (Wildman–Crippen MR) is 82.3 cm³/mol. The minimum atomic E-state index is -0.185. The zero-order valence-corrected chi connectivity index (χ0v) is 13.2. The lowest BCUT2D eigenvalue weighted by molar-refractivity contribution is 0.0913. The molecule has 0 aromatic carbocycles. The normalized spacial score (nSPS) is 20.0. The number of hydrogen-bond acceptors (Lipinski definition) is 5. The Balaban J connectivity index is 1.86. The summed E-state index contributed by atoms with van der Waals surface area (Å²) in [6.07, 6.45) is 1.77. The molecule has 3 rings (SSSR count). The first-order chi connectivity index (χ1) is 9.84. The van der Waals surface area contributed by atoms with E-state index in [-0.39, 0.29) is 17.4 Å². The van der Waals surface area contributed by atoms with Crippen molar-refractivity contribution >= 4 is 22.4 Å². The van der Waals surface area contributed by atoms with Crippen molar-refractivity contribution in [3.8, 4) is 0 Å². The number of nitrogens with two attached hydrogens (primary N) is 1. The molecule has 21 heavy (non-hydrogen) atoms. The van der Waals surface area contributed by atoms with Crippen molar-refractivity contribution < 1.29 is 9.21 Å². The van der Waals surface area contributed by atoms with Crippen LogP contribution in [0.5, 0.6) is 0 Å². The van der Waals surface area contributed by atoms with Crippen molar-refractivity contribution in [3.05, 3.63) is 34.2 Å². The highest BCUT2D eigenvalue weighted by Gasteiger charge is 2.35. The van der Waals surface area contributed by atoms with Gasteiger partial charge in [0.1, 0.15) is 17.2 Å². The van der Waals surface area contributed by atoms with Gasteiger partial charge in [-0.1, -0.05) is 13.8 Å². The number of rotatable bonds is 2. The van der Waals surface area contributed by atoms with Gasteiger partial charge in [0.05, 0.1) is 6.04 Å². The van der Waals surface area contributed by atoms with E-state index >= 15 is 0 Å². The number of nitrogens with one attached hydrogen (secondary N) is 1. The van der Waals surface area contributed by atoms with Crippen molar-refractivity contribution in [2.45, 2.75) is 39.7 Å². The number of amides is 1. The average Bonchev–Trinajstić information content (AvgIpc) is 2.93. The molecule has 0 saturated heterocycles. The standard InChI is InChI=1S/C15H19N3O2S/c1-8-4-9-10(5-15(2,3)6-12(9)20-8)17-13(19)11-7-21-14(16)18-11/h4,7,10H,5-6H2,1-3H3,(H2,16,18)(H,17,19). The number of nitrogen functional groups attached to an aromatic ring is 1. The zero-order valence-electron chi connectivity index (χ0n) is 12.4. The summed E-state index contributed by atoms with van der Waals surface area (Å²) in [5, 5.41) is 5.15. The van der Waals surface area contributed by atoms with Gasteiger partial charge in [0.15, 0.2) is 5.13 Å². The highest BCUT2D eigenvalue weighted by molar-refractivity contribution is 7.13. The molecular weight excluding hydrogens is 286 g/mol. The number of carbonyl (C=O) groups is 1. The first kappa shape index (κ1) is 14.1. The number of furan rings is 1. The van der Waals surface area contributed by atoms with Crippen LogP contribution in [0.25, 0.3) is 0 Å². The largest absolute Gasteiger partial charge is 0.466 e. The number of aryl methyl sites for hydroxylation is 1. The number of aromatic nitrogens is 1. The lowest BCUT2D eigenvalue weighted by Gasteiger charge is -2.34. The van der Waals surface area contributed by atoms with E-state index in [2.05, 4.69) is 24.1 Å². The molecule has 1 aliphatic carbocycles. The highest BCUT2D eigenvalue weighted by Crippen LogP contribution is 2.42. The summed E-state index contributed by atoms with van der Waals surface area (Å²) in [6, 6.07) is 1.97. The van der Waals surface area contributed by atoms with Crippen LogP contribution in [-0.4, -0.2) is 10.9 Å². The number of fused-ring (bicyclic) bond motifs is 1. The highest BCUT2D eigenvalue weighted by atomic mass is 32.1. The Bertz CT molecular complexity index is 687. The van der Waals surface area contributed by atoms with Gasteiger partial charge in [-0.15, -0.1) is 11.3 Å². The van der Waals surface area contributed by atoms with Crippen LogP contribution in [0, 0.1) is 12.3 Å². The molecule has 1 unspecified atom stereocenters. The van der Waals surface area contributed by atoms with Crippen molar-refractivity contribution in [3.63, 3.8) is 0 Å². The van der Waals surface area contributed by atoms with Crippen LogP contribution in [0.2, 0.25) is 0 Å². The molecular formula is C15H19N3O2S. The molecule has 6 heteroatoms. The molecule has 0 saturated carbocycles. The van der Waals surface area contributed by atoms with Crippen LogP contribution in [0.4, 0.5) is 5.13 Å². The summed E-state index contributed by atoms with van der Waals surface area (Å²) < 4.78 is 5.78. The quantitative estimate of drug-likeness (QED) is 0.893. The fourth-order valence-corrected chi connectivity index (χ4v) is 3.48. The van der Waals surface area contributed by atoms with Crippen LogP contribution in [-0.2, 0) is 6.42 Å². The molecule has 0 fully saturated rings. The molecule has 112 valence electrons. The zero-order chi connectivity index (χ0) is 15.2. The number of nitrogens with zero attached hydrogens (tertiary/aromatic N) is 1. The molecule has 0 spiro atoms. The molecule has 2 aromatic heterocycles. The first-order valence-corrected chi connectivity index (χ1v) is 7.83. The van der Waals surface area contributed by atoms with Gasteiger partial charge in [-0.25, -0.2) is 4.98 Å². The first-order valence-electron chi connectivity index (χ1n) is 6.95. The van der Waals surface area contributed by atoms with Gasteiger partial charge in [0.25, 0.3) is 5.91 Å². The van der Waals surface area contributed by atoms with Crippen molar-refractivity contribution in [2.24, 2.45) is 5.41 Å². The summed E-state index contributed by atoms with van der Waals surface area (Å²) >= 11 is 1.27. The van der Waals surface area contributed by atoms with Gasteiger partial charge < -0.3 is 15.5 Å². The van der Waals surface area contributed by atoms with Gasteiger partial charge in [0, 0.05) is 17.4 Å². The molecule has 2 heterocycles. The fourth-order valence-electron chi connectivity index (χ4n) is 2.94. The minimum absolute atomic E-state index is 0.0448. The third-order valence-electron chi connectivity index (χ3n) is 3.80. The lowest BCUT2D eigenvalue weighted by Crippen LogP contribution is -2.36. The van der Waals surface area contributed by atoms with E-state index in [4.69, 9.17) is 10.2 Å². The Labute approximate surface area is 127 Å². The monoisotopic (exact) mass is 305 g/mol. The third kappa shape index (κ3) is 2.81. The Morgan fingerprint density at radius 1 is 1.57 bits per heavy atom. The molecule has 5 nitrogen and oxygen atoms in total. The Kier molecular flexibility index (Phi) is 3.28. The average molecular weight is 305 g/mol. The van der Waals surface area contributed by atoms with Crippen LogP contribution in [0.3, 0.4) is 0 Å². The summed E-state index contributed by atoms with van der Waals surface area (Å²) in [5.74, 6) is 1.68. The van der Waals surface area contributed by atoms with E-state index in [1.807, 2.05) is 13.0 Å². The van der Waals surface area contributed by atoms with Gasteiger partial charge in [-0.3, -0.25) is 4.79 Å². The van der Waals surface area contributed by atoms with Gasteiger partial charge in [-0.05, 0) is 24.8 Å². The van der Waals surface area contributed by atoms with Gasteiger partial charge in [0.2, 0.25) is 0 Å². The second-order valence-corrected chi connectivity index (χ2v) is 7.27. The Morgan fingerprint density at radius 3 is 3.00 bits per heavy atom. The molecule has 2 aromatic rings. The van der Waals surface area contributed by atoms with Crippen molar-refractivity contribution in [1.29, 1.82) is 0 Å². The lowest BCUT2D eigenvalue weighted by atomic mass is 9.74. The molecule has 1 atom stereocenters. The number of hydrogen-bond donors (Lipinski definition) is 2. The second-order valence-electron chi connectivity index (χ2n) is 6.38. The van der Waals surface area contributed by atoms with E-state index < -0.39 is 0 Å². The van der Waals surface area contributed by atoms with Gasteiger partial charge >= 0.3 is 0 Å². The topological polar surface area (TPSA) is 81.2 Å². The number of thiazole rings is 1. The Hall–Kier alpha value is -1.82. The fraction of sp³-hybridized carbons (Fsp3) is 0.467. The summed E-state index contributed by atoms with van der Waals surface area (Å²) in [7, 11) is 0. The molecule has 0 radical (unpaired) electrons. The predicted octanol–water partition coefficient (Wildman–Crippen LogP) is 3.07. The molecule has 0 aliphatic heterocycles. The summed E-state index contributed by atoms with van der Waals surface area (Å²) in [4.78, 5) is 16.3. The second kappa shape index (κ2) is 4.87. The summed E-state index contributed by atoms with van der Waals surface area (Å²) in [6.45, 7) is 6.31. The number of carbonyl (C=O) groups excluding carboxylic acids is 1. The minimum Gasteiger partial charge on any atom is -0.466 e. The van der Waals surface area contributed by atoms with E-state index in [1.165, 1.54) is 11.3 Å². The molecule has 3 N–H and O–H groups in total. The number of anilines is 1. The third-order valence-corrected chi connectivity index (χ3v) is 4.47. The van der Waals surface area contributed by atoms with E-state index in [1.54, 1.807) is 5.38 Å². The molecule has 1 aliphatic rings. The molecule has 1 amide bonds. The van der Waals surface area contributed by atoms with Crippen molar-refractivity contribution in [2.75, 3.05) is 5.73 Å². The van der Waals surface area contributed by atoms with Crippen molar-refractivity contribution in [1.82, 2.24) is 10.3 Å². The maximum atomic E-state index is 12.3. The smallest absolute Gasteiger partial charge is 0.271 e. The SMILES string of the molecule is Cc1cc2c(o1)CC(C)(C)CC2NC(=O)c1csc(N)n1. The van der Waals surface area contributed by atoms with E-state index in [0.29, 0.717) is 10.8 Å². The molecule has 0 bridgehead atoms.